The van der Waals surface area contributed by atoms with E-state index in [1.807, 2.05) is 52.8 Å². The number of nitrogens with zero attached hydrogens (tertiary/aromatic N) is 5. The number of likely N-dealkylation sites (tertiary alicyclic amines) is 2. The Bertz CT molecular complexity index is 1030. The van der Waals surface area contributed by atoms with Gasteiger partial charge in [-0.25, -0.2) is 4.98 Å². The number of ether oxygens (including phenoxy) is 1. The standard InChI is InChI=1S/C24H29N5O2/c1-18-23(29-13-3-2-4-22(29)26-18)24(30)28-14-7-19(8-15-28)27-16-9-21(10-17-27)31-20-5-11-25-12-6-20/h2-6,11-13,19,21H,7-10,14-17H2,1H3. The van der Waals surface area contributed by atoms with E-state index < -0.39 is 0 Å². The normalized spacial score (nSPS) is 19.1. The fourth-order valence-corrected chi connectivity index (χ4v) is 4.92. The second-order valence-corrected chi connectivity index (χ2v) is 8.53. The summed E-state index contributed by atoms with van der Waals surface area (Å²) in [5.41, 5.74) is 2.33. The van der Waals surface area contributed by atoms with Gasteiger partial charge in [-0.2, -0.15) is 0 Å². The first-order valence-corrected chi connectivity index (χ1v) is 11.2. The number of aryl methyl sites for hydroxylation is 1. The maximum atomic E-state index is 13.2. The number of pyridine rings is 2. The van der Waals surface area contributed by atoms with Crippen LogP contribution < -0.4 is 4.74 Å². The van der Waals surface area contributed by atoms with Crippen LogP contribution in [0.25, 0.3) is 5.65 Å². The molecule has 5 rings (SSSR count). The number of fused-ring (bicyclic) bond motifs is 1. The van der Waals surface area contributed by atoms with Gasteiger partial charge in [0.2, 0.25) is 0 Å². The molecule has 2 fully saturated rings. The van der Waals surface area contributed by atoms with E-state index in [9.17, 15) is 4.79 Å². The lowest BCUT2D eigenvalue weighted by atomic mass is 9.98. The van der Waals surface area contributed by atoms with Crippen molar-refractivity contribution in [3.05, 3.63) is 60.3 Å². The Hall–Kier alpha value is -2.93. The van der Waals surface area contributed by atoms with Gasteiger partial charge in [0.25, 0.3) is 5.91 Å². The molecule has 7 nitrogen and oxygen atoms in total. The molecule has 31 heavy (non-hydrogen) atoms. The van der Waals surface area contributed by atoms with Crippen LogP contribution in [0.1, 0.15) is 41.9 Å². The minimum absolute atomic E-state index is 0.0964. The number of imidazole rings is 1. The third-order valence-corrected chi connectivity index (χ3v) is 6.60. The zero-order valence-corrected chi connectivity index (χ0v) is 18.0. The minimum Gasteiger partial charge on any atom is -0.490 e. The first kappa shape index (κ1) is 20.0. The highest BCUT2D eigenvalue weighted by Gasteiger charge is 2.31. The van der Waals surface area contributed by atoms with Gasteiger partial charge in [-0.05, 0) is 56.9 Å². The predicted molar refractivity (Wildman–Crippen MR) is 118 cm³/mol. The molecule has 0 spiro atoms. The van der Waals surface area contributed by atoms with Crippen LogP contribution in [0.3, 0.4) is 0 Å². The second kappa shape index (κ2) is 8.67. The molecule has 0 unspecified atom stereocenters. The largest absolute Gasteiger partial charge is 0.490 e. The van der Waals surface area contributed by atoms with Crippen molar-refractivity contribution in [2.45, 2.75) is 44.8 Å². The first-order chi connectivity index (χ1) is 15.2. The highest BCUT2D eigenvalue weighted by molar-refractivity contribution is 5.94. The van der Waals surface area contributed by atoms with Crippen LogP contribution in [0.15, 0.2) is 48.9 Å². The smallest absolute Gasteiger partial charge is 0.272 e. The SMILES string of the molecule is Cc1nc2ccccn2c1C(=O)N1CCC(N2CCC(Oc3ccncc3)CC2)CC1. The van der Waals surface area contributed by atoms with E-state index in [0.29, 0.717) is 11.7 Å². The third kappa shape index (κ3) is 4.14. The summed E-state index contributed by atoms with van der Waals surface area (Å²) >= 11 is 0. The van der Waals surface area contributed by atoms with Crippen molar-refractivity contribution in [1.82, 2.24) is 24.2 Å². The zero-order valence-electron chi connectivity index (χ0n) is 18.0. The maximum Gasteiger partial charge on any atom is 0.272 e. The lowest BCUT2D eigenvalue weighted by Crippen LogP contribution is -2.50. The third-order valence-electron chi connectivity index (χ3n) is 6.60. The predicted octanol–water partition coefficient (Wildman–Crippen LogP) is 3.19. The molecule has 3 aromatic rings. The van der Waals surface area contributed by atoms with Crippen molar-refractivity contribution in [3.8, 4) is 5.75 Å². The Morgan fingerprint density at radius 3 is 2.48 bits per heavy atom. The monoisotopic (exact) mass is 419 g/mol. The first-order valence-electron chi connectivity index (χ1n) is 11.2. The summed E-state index contributed by atoms with van der Waals surface area (Å²) in [7, 11) is 0. The van der Waals surface area contributed by atoms with Crippen LogP contribution in [-0.2, 0) is 0 Å². The molecular weight excluding hydrogens is 390 g/mol. The molecule has 0 N–H and O–H groups in total. The van der Waals surface area contributed by atoms with Gasteiger partial charge >= 0.3 is 0 Å². The number of aromatic nitrogens is 3. The Labute approximate surface area is 182 Å². The van der Waals surface area contributed by atoms with Gasteiger partial charge in [-0.15, -0.1) is 0 Å². The number of hydrogen-bond donors (Lipinski definition) is 0. The summed E-state index contributed by atoms with van der Waals surface area (Å²) in [5.74, 6) is 1.00. The van der Waals surface area contributed by atoms with Crippen LogP contribution in [-0.4, -0.2) is 68.4 Å². The van der Waals surface area contributed by atoms with Gasteiger partial charge < -0.3 is 9.64 Å². The number of amides is 1. The summed E-state index contributed by atoms with van der Waals surface area (Å²) in [6, 6.07) is 10.2. The Kier molecular flexibility index (Phi) is 5.59. The van der Waals surface area contributed by atoms with E-state index in [4.69, 9.17) is 4.74 Å². The van der Waals surface area contributed by atoms with Crippen molar-refractivity contribution < 1.29 is 9.53 Å². The van der Waals surface area contributed by atoms with Gasteiger partial charge in [0, 0.05) is 50.8 Å². The van der Waals surface area contributed by atoms with Crippen LogP contribution in [0, 0.1) is 6.92 Å². The number of carbonyl (C=O) groups excluding carboxylic acids is 1. The van der Waals surface area contributed by atoms with Crippen molar-refractivity contribution in [1.29, 1.82) is 0 Å². The molecule has 5 heterocycles. The van der Waals surface area contributed by atoms with Crippen molar-refractivity contribution in [3.63, 3.8) is 0 Å². The van der Waals surface area contributed by atoms with E-state index in [1.165, 1.54) is 0 Å². The average molecular weight is 420 g/mol. The molecule has 7 heteroatoms. The van der Waals surface area contributed by atoms with E-state index in [0.717, 1.165) is 69.0 Å². The molecule has 0 aromatic carbocycles. The fraction of sp³-hybridized carbons (Fsp3) is 0.458. The molecule has 2 aliphatic heterocycles. The molecule has 0 atom stereocenters. The molecule has 3 aromatic heterocycles. The van der Waals surface area contributed by atoms with Gasteiger partial charge in [0.05, 0.1) is 5.69 Å². The number of carbonyl (C=O) groups is 1. The number of rotatable bonds is 4. The molecule has 0 radical (unpaired) electrons. The van der Waals surface area contributed by atoms with Crippen LogP contribution in [0.5, 0.6) is 5.75 Å². The summed E-state index contributed by atoms with van der Waals surface area (Å²) in [5, 5.41) is 0. The van der Waals surface area contributed by atoms with Gasteiger partial charge in [-0.3, -0.25) is 19.1 Å². The molecule has 0 aliphatic carbocycles. The van der Waals surface area contributed by atoms with Crippen molar-refractivity contribution in [2.24, 2.45) is 0 Å². The van der Waals surface area contributed by atoms with Crippen molar-refractivity contribution >= 4 is 11.6 Å². The quantitative estimate of drug-likeness (QED) is 0.650. The molecule has 2 saturated heterocycles. The molecule has 1 amide bonds. The Morgan fingerprint density at radius 2 is 1.74 bits per heavy atom. The van der Waals surface area contributed by atoms with Gasteiger partial charge in [0.15, 0.2) is 0 Å². The topological polar surface area (TPSA) is 63.0 Å². The number of piperidine rings is 2. The zero-order chi connectivity index (χ0) is 21.2. The van der Waals surface area contributed by atoms with Crippen LogP contribution in [0.4, 0.5) is 0 Å². The molecule has 0 saturated carbocycles. The lowest BCUT2D eigenvalue weighted by molar-refractivity contribution is 0.0422. The Morgan fingerprint density at radius 1 is 1.00 bits per heavy atom. The highest BCUT2D eigenvalue weighted by Crippen LogP contribution is 2.25. The summed E-state index contributed by atoms with van der Waals surface area (Å²) in [4.78, 5) is 26.4. The van der Waals surface area contributed by atoms with E-state index in [-0.39, 0.29) is 12.0 Å². The highest BCUT2D eigenvalue weighted by atomic mass is 16.5. The maximum absolute atomic E-state index is 13.2. The van der Waals surface area contributed by atoms with Crippen LogP contribution >= 0.6 is 0 Å². The number of hydrogen-bond acceptors (Lipinski definition) is 5. The molecule has 2 aliphatic rings. The molecule has 0 bridgehead atoms. The second-order valence-electron chi connectivity index (χ2n) is 8.53. The summed E-state index contributed by atoms with van der Waals surface area (Å²) in [6.45, 7) is 5.64. The van der Waals surface area contributed by atoms with Gasteiger partial charge in [0.1, 0.15) is 23.2 Å². The molecule has 162 valence electrons. The van der Waals surface area contributed by atoms with E-state index >= 15 is 0 Å². The van der Waals surface area contributed by atoms with E-state index in [1.54, 1.807) is 12.4 Å². The Balaban J connectivity index is 1.15. The lowest BCUT2D eigenvalue weighted by Gasteiger charge is -2.41. The fourth-order valence-electron chi connectivity index (χ4n) is 4.92. The average Bonchev–Trinajstić information content (AvgIpc) is 3.15. The molecular formula is C24H29N5O2. The van der Waals surface area contributed by atoms with Crippen molar-refractivity contribution in [2.75, 3.05) is 26.2 Å². The summed E-state index contributed by atoms with van der Waals surface area (Å²) in [6.07, 6.45) is 9.88. The van der Waals surface area contributed by atoms with E-state index in [2.05, 4.69) is 14.9 Å². The van der Waals surface area contributed by atoms with Gasteiger partial charge in [-0.1, -0.05) is 6.07 Å². The minimum atomic E-state index is 0.0964. The summed E-state index contributed by atoms with van der Waals surface area (Å²) < 4.78 is 8.01. The van der Waals surface area contributed by atoms with Crippen LogP contribution in [0.2, 0.25) is 0 Å².